The Morgan fingerprint density at radius 2 is 2.12 bits per heavy atom. The van der Waals surface area contributed by atoms with Crippen molar-refractivity contribution < 1.29 is 9.18 Å². The van der Waals surface area contributed by atoms with E-state index in [0.717, 1.165) is 12.8 Å². The third-order valence-electron chi connectivity index (χ3n) is 2.52. The molecule has 5 nitrogen and oxygen atoms in total. The van der Waals surface area contributed by atoms with Crippen LogP contribution in [0.2, 0.25) is 0 Å². The van der Waals surface area contributed by atoms with Gasteiger partial charge in [0.15, 0.2) is 0 Å². The number of carbonyl (C=O) groups is 1. The fraction of sp³-hybridized carbons (Fsp3) is 0.364. The minimum Gasteiger partial charge on any atom is -0.353 e. The summed E-state index contributed by atoms with van der Waals surface area (Å²) in [6.45, 7) is 0. The van der Waals surface area contributed by atoms with E-state index in [1.165, 1.54) is 24.3 Å². The largest absolute Gasteiger partial charge is 0.353 e. The van der Waals surface area contributed by atoms with Gasteiger partial charge in [0.1, 0.15) is 11.9 Å². The third kappa shape index (κ3) is 2.95. The molecule has 1 N–H and O–H groups in total. The molecule has 0 bridgehead atoms. The summed E-state index contributed by atoms with van der Waals surface area (Å²) in [4.78, 5) is 14.5. The monoisotopic (exact) mass is 234 g/mol. The van der Waals surface area contributed by atoms with Crippen LogP contribution in [0.25, 0.3) is 10.4 Å². The first-order valence-corrected chi connectivity index (χ1v) is 5.31. The Morgan fingerprint density at radius 1 is 1.47 bits per heavy atom. The van der Waals surface area contributed by atoms with E-state index in [2.05, 4.69) is 15.3 Å². The molecule has 1 aromatic carbocycles. The summed E-state index contributed by atoms with van der Waals surface area (Å²) >= 11 is 0. The molecule has 0 saturated heterocycles. The minimum atomic E-state index is -0.929. The Balaban J connectivity index is 2.17. The fourth-order valence-electron chi connectivity index (χ4n) is 1.47. The van der Waals surface area contributed by atoms with Crippen LogP contribution < -0.4 is 5.32 Å². The summed E-state index contributed by atoms with van der Waals surface area (Å²) < 4.78 is 12.8. The molecule has 1 amide bonds. The van der Waals surface area contributed by atoms with E-state index in [0.29, 0.717) is 5.56 Å². The van der Waals surface area contributed by atoms with Gasteiger partial charge >= 0.3 is 0 Å². The second-order valence-corrected chi connectivity index (χ2v) is 3.94. The average molecular weight is 234 g/mol. The zero-order valence-electron chi connectivity index (χ0n) is 9.01. The number of azide groups is 1. The van der Waals surface area contributed by atoms with Crippen LogP contribution in [-0.2, 0) is 4.79 Å². The lowest BCUT2D eigenvalue weighted by atomic mass is 10.1. The van der Waals surface area contributed by atoms with E-state index in [1.807, 2.05) is 0 Å². The molecule has 6 heteroatoms. The summed E-state index contributed by atoms with van der Waals surface area (Å²) in [5.74, 6) is -0.729. The lowest BCUT2D eigenvalue weighted by molar-refractivity contribution is -0.122. The second kappa shape index (κ2) is 4.84. The van der Waals surface area contributed by atoms with E-state index in [1.54, 1.807) is 0 Å². The standard InChI is InChI=1S/C11H11FN4O/c12-8-3-1-7(2-4-8)10(15-16-13)11(17)14-9-5-6-9/h1-4,9-10H,5-6H2,(H,14,17)/t10-/m0/s1. The lowest BCUT2D eigenvalue weighted by Gasteiger charge is -2.11. The van der Waals surface area contributed by atoms with Crippen LogP contribution in [0.4, 0.5) is 4.39 Å². The second-order valence-electron chi connectivity index (χ2n) is 3.94. The van der Waals surface area contributed by atoms with Crippen LogP contribution in [0.1, 0.15) is 24.4 Å². The van der Waals surface area contributed by atoms with Crippen molar-refractivity contribution in [3.8, 4) is 0 Å². The number of amides is 1. The van der Waals surface area contributed by atoms with Gasteiger partial charge in [0.2, 0.25) is 5.91 Å². The number of nitrogens with one attached hydrogen (secondary N) is 1. The normalized spacial score (nSPS) is 15.8. The minimum absolute atomic E-state index is 0.194. The van der Waals surface area contributed by atoms with E-state index < -0.39 is 11.9 Å². The van der Waals surface area contributed by atoms with Crippen molar-refractivity contribution in [2.24, 2.45) is 5.11 Å². The number of hydrogen-bond donors (Lipinski definition) is 1. The van der Waals surface area contributed by atoms with E-state index in [4.69, 9.17) is 5.53 Å². The maximum atomic E-state index is 12.8. The first-order chi connectivity index (χ1) is 8.20. The lowest BCUT2D eigenvalue weighted by Crippen LogP contribution is -2.30. The first-order valence-electron chi connectivity index (χ1n) is 5.31. The number of nitrogens with zero attached hydrogens (tertiary/aromatic N) is 3. The molecule has 1 atom stereocenters. The van der Waals surface area contributed by atoms with E-state index in [-0.39, 0.29) is 11.9 Å². The average Bonchev–Trinajstić information content (AvgIpc) is 3.11. The van der Waals surface area contributed by atoms with Crippen molar-refractivity contribution in [1.29, 1.82) is 0 Å². The smallest absolute Gasteiger partial charge is 0.233 e. The number of rotatable bonds is 4. The van der Waals surface area contributed by atoms with Gasteiger partial charge in [-0.05, 0) is 36.1 Å². The van der Waals surface area contributed by atoms with Gasteiger partial charge in [0.05, 0.1) is 0 Å². The van der Waals surface area contributed by atoms with E-state index >= 15 is 0 Å². The van der Waals surface area contributed by atoms with Crippen molar-refractivity contribution in [3.05, 3.63) is 46.1 Å². The molecule has 1 aliphatic carbocycles. The summed E-state index contributed by atoms with van der Waals surface area (Å²) in [7, 11) is 0. The van der Waals surface area contributed by atoms with Crippen LogP contribution in [0.15, 0.2) is 29.4 Å². The number of hydrogen-bond acceptors (Lipinski definition) is 2. The molecule has 2 rings (SSSR count). The molecular formula is C11H11FN4O. The number of halogens is 1. The molecule has 0 aliphatic heterocycles. The van der Waals surface area contributed by atoms with Gasteiger partial charge in [-0.2, -0.15) is 0 Å². The topological polar surface area (TPSA) is 77.9 Å². The predicted octanol–water partition coefficient (Wildman–Crippen LogP) is 2.46. The number of benzene rings is 1. The van der Waals surface area contributed by atoms with Crippen LogP contribution in [0, 0.1) is 5.82 Å². The van der Waals surface area contributed by atoms with Crippen LogP contribution in [-0.4, -0.2) is 11.9 Å². The Labute approximate surface area is 97.3 Å². The molecule has 0 heterocycles. The van der Waals surface area contributed by atoms with Gasteiger partial charge in [-0.3, -0.25) is 4.79 Å². The van der Waals surface area contributed by atoms with Crippen LogP contribution >= 0.6 is 0 Å². The Kier molecular flexibility index (Phi) is 3.25. The summed E-state index contributed by atoms with van der Waals surface area (Å²) in [5.41, 5.74) is 8.94. The highest BCUT2D eigenvalue weighted by Gasteiger charge is 2.27. The quantitative estimate of drug-likeness (QED) is 0.484. The maximum Gasteiger partial charge on any atom is 0.233 e. The van der Waals surface area contributed by atoms with Gasteiger partial charge < -0.3 is 5.32 Å². The molecule has 1 fully saturated rings. The summed E-state index contributed by atoms with van der Waals surface area (Å²) in [6, 6.07) is 4.63. The molecule has 0 aromatic heterocycles. The van der Waals surface area contributed by atoms with Crippen molar-refractivity contribution >= 4 is 5.91 Å². The summed E-state index contributed by atoms with van der Waals surface area (Å²) in [6.07, 6.45) is 1.91. The Hall–Kier alpha value is -2.07. The molecule has 17 heavy (non-hydrogen) atoms. The molecule has 1 saturated carbocycles. The molecule has 0 spiro atoms. The van der Waals surface area contributed by atoms with Crippen LogP contribution in [0.3, 0.4) is 0 Å². The van der Waals surface area contributed by atoms with Gasteiger partial charge in [0.25, 0.3) is 0 Å². The zero-order chi connectivity index (χ0) is 12.3. The van der Waals surface area contributed by atoms with Crippen LogP contribution in [0.5, 0.6) is 0 Å². The molecule has 88 valence electrons. The first kappa shape index (κ1) is 11.4. The Bertz CT molecular complexity index is 463. The summed E-state index contributed by atoms with van der Waals surface area (Å²) in [5, 5.41) is 6.21. The highest BCUT2D eigenvalue weighted by molar-refractivity contribution is 5.83. The highest BCUT2D eigenvalue weighted by Crippen LogP contribution is 2.23. The molecule has 1 aromatic rings. The third-order valence-corrected chi connectivity index (χ3v) is 2.52. The van der Waals surface area contributed by atoms with Crippen molar-refractivity contribution in [3.63, 3.8) is 0 Å². The predicted molar refractivity (Wildman–Crippen MR) is 59.5 cm³/mol. The van der Waals surface area contributed by atoms with Gasteiger partial charge in [-0.15, -0.1) is 0 Å². The van der Waals surface area contributed by atoms with Crippen molar-refractivity contribution in [2.75, 3.05) is 0 Å². The van der Waals surface area contributed by atoms with E-state index in [9.17, 15) is 9.18 Å². The number of carbonyl (C=O) groups excluding carboxylic acids is 1. The zero-order valence-corrected chi connectivity index (χ0v) is 9.01. The van der Waals surface area contributed by atoms with Gasteiger partial charge in [-0.1, -0.05) is 17.2 Å². The van der Waals surface area contributed by atoms with Gasteiger partial charge in [-0.25, -0.2) is 4.39 Å². The Morgan fingerprint density at radius 3 is 2.65 bits per heavy atom. The molecule has 1 aliphatic rings. The SMILES string of the molecule is [N-]=[N+]=N[C@H](C(=O)NC1CC1)c1ccc(F)cc1. The fourth-order valence-corrected chi connectivity index (χ4v) is 1.47. The molecule has 0 unspecified atom stereocenters. The van der Waals surface area contributed by atoms with Gasteiger partial charge in [0, 0.05) is 11.0 Å². The molecular weight excluding hydrogens is 223 g/mol. The van der Waals surface area contributed by atoms with Crippen molar-refractivity contribution in [1.82, 2.24) is 5.32 Å². The highest BCUT2D eigenvalue weighted by atomic mass is 19.1. The maximum absolute atomic E-state index is 12.8. The molecule has 0 radical (unpaired) electrons. The van der Waals surface area contributed by atoms with Crippen molar-refractivity contribution in [2.45, 2.75) is 24.9 Å².